The van der Waals surface area contributed by atoms with Crippen LogP contribution in [0.4, 0.5) is 0 Å². The van der Waals surface area contributed by atoms with Crippen molar-refractivity contribution in [2.45, 2.75) is 51.4 Å². The molecule has 1 aliphatic carbocycles. The number of nitrogens with one attached hydrogen (secondary N) is 1. The van der Waals surface area contributed by atoms with E-state index >= 15 is 0 Å². The molecular weight excluding hydrogens is 250 g/mol. The first-order valence-corrected chi connectivity index (χ1v) is 7.80. The van der Waals surface area contributed by atoms with Crippen molar-refractivity contribution in [2.75, 3.05) is 13.2 Å². The Morgan fingerprint density at radius 3 is 2.75 bits per heavy atom. The van der Waals surface area contributed by atoms with Crippen molar-refractivity contribution in [3.63, 3.8) is 0 Å². The first kappa shape index (κ1) is 15.5. The summed E-state index contributed by atoms with van der Waals surface area (Å²) in [7, 11) is 0. The van der Waals surface area contributed by atoms with Gasteiger partial charge < -0.3 is 15.2 Å². The molecule has 1 aliphatic rings. The third kappa shape index (κ3) is 5.23. The van der Waals surface area contributed by atoms with Crippen LogP contribution in [0.3, 0.4) is 0 Å². The fourth-order valence-corrected chi connectivity index (χ4v) is 2.80. The first-order valence-electron chi connectivity index (χ1n) is 7.80. The van der Waals surface area contributed by atoms with E-state index in [1.807, 2.05) is 18.2 Å². The maximum atomic E-state index is 9.96. The second-order valence-electron chi connectivity index (χ2n) is 5.90. The number of rotatable bonds is 7. The summed E-state index contributed by atoms with van der Waals surface area (Å²) in [6.07, 6.45) is 4.90. The molecule has 1 aromatic rings. The van der Waals surface area contributed by atoms with Crippen molar-refractivity contribution in [3.8, 4) is 0 Å². The van der Waals surface area contributed by atoms with Crippen LogP contribution in [0.5, 0.6) is 0 Å². The summed E-state index contributed by atoms with van der Waals surface area (Å²) in [5.74, 6) is 0.633. The summed E-state index contributed by atoms with van der Waals surface area (Å²) >= 11 is 0. The number of ether oxygens (including phenoxy) is 1. The van der Waals surface area contributed by atoms with Crippen molar-refractivity contribution < 1.29 is 9.84 Å². The number of hydrogen-bond donors (Lipinski definition) is 2. The molecule has 0 bridgehead atoms. The van der Waals surface area contributed by atoms with Crippen LogP contribution >= 0.6 is 0 Å². The summed E-state index contributed by atoms with van der Waals surface area (Å²) in [4.78, 5) is 0. The van der Waals surface area contributed by atoms with Gasteiger partial charge in [0.15, 0.2) is 0 Å². The molecule has 0 aliphatic heterocycles. The molecule has 3 atom stereocenters. The van der Waals surface area contributed by atoms with Gasteiger partial charge in [0, 0.05) is 13.1 Å². The van der Waals surface area contributed by atoms with Crippen LogP contribution in [0.1, 0.15) is 38.2 Å². The third-order valence-corrected chi connectivity index (χ3v) is 4.09. The Bertz CT molecular complexity index is 369. The van der Waals surface area contributed by atoms with E-state index < -0.39 is 6.10 Å². The molecule has 20 heavy (non-hydrogen) atoms. The lowest BCUT2D eigenvalue weighted by Crippen LogP contribution is -2.34. The number of aliphatic hydroxyl groups is 1. The average molecular weight is 277 g/mol. The van der Waals surface area contributed by atoms with E-state index in [-0.39, 0.29) is 0 Å². The van der Waals surface area contributed by atoms with E-state index in [0.29, 0.717) is 25.2 Å². The minimum absolute atomic E-state index is 0.340. The highest BCUT2D eigenvalue weighted by molar-refractivity contribution is 5.14. The SMILES string of the molecule is CC1CCCCC1OCC(O)CNCc1ccccc1. The van der Waals surface area contributed by atoms with Gasteiger partial charge in [0.05, 0.1) is 18.8 Å². The van der Waals surface area contributed by atoms with E-state index in [9.17, 15) is 5.11 Å². The van der Waals surface area contributed by atoms with E-state index in [1.165, 1.54) is 24.8 Å². The van der Waals surface area contributed by atoms with Crippen molar-refractivity contribution in [1.82, 2.24) is 5.32 Å². The summed E-state index contributed by atoms with van der Waals surface area (Å²) < 4.78 is 5.87. The fraction of sp³-hybridized carbons (Fsp3) is 0.647. The lowest BCUT2D eigenvalue weighted by atomic mass is 9.88. The monoisotopic (exact) mass is 277 g/mol. The molecule has 112 valence electrons. The summed E-state index contributed by atoms with van der Waals surface area (Å²) in [5, 5.41) is 13.2. The van der Waals surface area contributed by atoms with Crippen LogP contribution in [0.2, 0.25) is 0 Å². The lowest BCUT2D eigenvalue weighted by molar-refractivity contribution is -0.0452. The van der Waals surface area contributed by atoms with Gasteiger partial charge in [-0.1, -0.05) is 50.1 Å². The molecule has 0 spiro atoms. The van der Waals surface area contributed by atoms with Crippen molar-refractivity contribution in [2.24, 2.45) is 5.92 Å². The van der Waals surface area contributed by atoms with Crippen LogP contribution in [0, 0.1) is 5.92 Å². The molecule has 3 unspecified atom stereocenters. The molecule has 0 saturated heterocycles. The van der Waals surface area contributed by atoms with Crippen molar-refractivity contribution in [1.29, 1.82) is 0 Å². The maximum absolute atomic E-state index is 9.96. The Morgan fingerprint density at radius 1 is 1.25 bits per heavy atom. The average Bonchev–Trinajstić information content (AvgIpc) is 2.47. The highest BCUT2D eigenvalue weighted by Gasteiger charge is 2.22. The largest absolute Gasteiger partial charge is 0.389 e. The van der Waals surface area contributed by atoms with Crippen molar-refractivity contribution >= 4 is 0 Å². The van der Waals surface area contributed by atoms with E-state index in [1.54, 1.807) is 0 Å². The topological polar surface area (TPSA) is 41.5 Å². The number of benzene rings is 1. The minimum Gasteiger partial charge on any atom is -0.389 e. The Kier molecular flexibility index (Phi) is 6.51. The van der Waals surface area contributed by atoms with Gasteiger partial charge in [-0.05, 0) is 24.3 Å². The first-order chi connectivity index (χ1) is 9.75. The van der Waals surface area contributed by atoms with Gasteiger partial charge in [0.25, 0.3) is 0 Å². The van der Waals surface area contributed by atoms with Gasteiger partial charge in [-0.2, -0.15) is 0 Å². The highest BCUT2D eigenvalue weighted by atomic mass is 16.5. The predicted octanol–water partition coefficient (Wildman–Crippen LogP) is 2.73. The zero-order valence-electron chi connectivity index (χ0n) is 12.4. The van der Waals surface area contributed by atoms with Crippen LogP contribution in [0.15, 0.2) is 30.3 Å². The Morgan fingerprint density at radius 2 is 2.00 bits per heavy atom. The molecule has 1 saturated carbocycles. The van der Waals surface area contributed by atoms with Gasteiger partial charge >= 0.3 is 0 Å². The maximum Gasteiger partial charge on any atom is 0.0897 e. The second kappa shape index (κ2) is 8.40. The third-order valence-electron chi connectivity index (χ3n) is 4.09. The van der Waals surface area contributed by atoms with Gasteiger partial charge in [-0.25, -0.2) is 0 Å². The fourth-order valence-electron chi connectivity index (χ4n) is 2.80. The Balaban J connectivity index is 1.59. The summed E-state index contributed by atoms with van der Waals surface area (Å²) in [6, 6.07) is 10.2. The molecule has 3 nitrogen and oxygen atoms in total. The zero-order chi connectivity index (χ0) is 14.2. The quantitative estimate of drug-likeness (QED) is 0.805. The van der Waals surface area contributed by atoms with E-state index in [0.717, 1.165) is 13.0 Å². The summed E-state index contributed by atoms with van der Waals surface area (Å²) in [6.45, 7) is 4.06. The van der Waals surface area contributed by atoms with Crippen molar-refractivity contribution in [3.05, 3.63) is 35.9 Å². The molecule has 3 heteroatoms. The zero-order valence-corrected chi connectivity index (χ0v) is 12.4. The second-order valence-corrected chi connectivity index (χ2v) is 5.90. The van der Waals surface area contributed by atoms with Gasteiger partial charge in [-0.3, -0.25) is 0 Å². The standard InChI is InChI=1S/C17H27NO2/c1-14-7-5-6-10-17(14)20-13-16(19)12-18-11-15-8-3-2-4-9-15/h2-4,8-9,14,16-19H,5-7,10-13H2,1H3. The molecule has 2 rings (SSSR count). The Hall–Kier alpha value is -0.900. The highest BCUT2D eigenvalue weighted by Crippen LogP contribution is 2.26. The molecule has 1 fully saturated rings. The molecule has 0 radical (unpaired) electrons. The number of hydrogen-bond acceptors (Lipinski definition) is 3. The molecule has 1 aromatic carbocycles. The van der Waals surface area contributed by atoms with E-state index in [4.69, 9.17) is 4.74 Å². The molecule has 0 amide bonds. The Labute approximate surface area is 122 Å². The van der Waals surface area contributed by atoms with Crippen LogP contribution in [-0.4, -0.2) is 30.5 Å². The normalized spacial score (nSPS) is 24.5. The van der Waals surface area contributed by atoms with Crippen LogP contribution < -0.4 is 5.32 Å². The van der Waals surface area contributed by atoms with Crippen LogP contribution in [0.25, 0.3) is 0 Å². The van der Waals surface area contributed by atoms with E-state index in [2.05, 4.69) is 24.4 Å². The lowest BCUT2D eigenvalue weighted by Gasteiger charge is -2.29. The van der Waals surface area contributed by atoms with Gasteiger partial charge in [-0.15, -0.1) is 0 Å². The molecule has 2 N–H and O–H groups in total. The molecule has 0 aromatic heterocycles. The number of aliphatic hydroxyl groups excluding tert-OH is 1. The minimum atomic E-state index is -0.423. The molecule has 0 heterocycles. The molecular formula is C17H27NO2. The van der Waals surface area contributed by atoms with Gasteiger partial charge in [0.2, 0.25) is 0 Å². The van der Waals surface area contributed by atoms with Crippen LogP contribution in [-0.2, 0) is 11.3 Å². The summed E-state index contributed by atoms with van der Waals surface area (Å²) in [5.41, 5.74) is 1.24. The van der Waals surface area contributed by atoms with Gasteiger partial charge in [0.1, 0.15) is 0 Å². The smallest absolute Gasteiger partial charge is 0.0897 e. The predicted molar refractivity (Wildman–Crippen MR) is 81.5 cm³/mol.